The van der Waals surface area contributed by atoms with E-state index in [1.165, 1.54) is 10.5 Å². The maximum atomic E-state index is 14.7. The zero-order chi connectivity index (χ0) is 50.2. The van der Waals surface area contributed by atoms with E-state index in [4.69, 9.17) is 26.4 Å². The maximum Gasteiger partial charge on any atom is 0.410 e. The lowest BCUT2D eigenvalue weighted by Gasteiger charge is -2.40. The van der Waals surface area contributed by atoms with Gasteiger partial charge in [-0.15, -0.1) is 11.3 Å². The Kier molecular flexibility index (Phi) is 18.3. The summed E-state index contributed by atoms with van der Waals surface area (Å²) >= 11 is 7.66. The summed E-state index contributed by atoms with van der Waals surface area (Å²) in [5.41, 5.74) is 4.35. The van der Waals surface area contributed by atoms with Crippen LogP contribution in [0.15, 0.2) is 90.4 Å². The van der Waals surface area contributed by atoms with Crippen molar-refractivity contribution in [3.63, 3.8) is 0 Å². The molecule has 372 valence electrons. The number of benzene rings is 3. The average Bonchev–Trinajstić information content (AvgIpc) is 4.12. The fourth-order valence-electron chi connectivity index (χ4n) is 10.4. The topological polar surface area (TPSA) is 131 Å². The molecule has 3 aromatic carbocycles. The number of carbonyl (C=O) groups is 4. The van der Waals surface area contributed by atoms with Crippen LogP contribution in [0.1, 0.15) is 108 Å². The molecule has 4 aromatic rings. The van der Waals surface area contributed by atoms with Crippen LogP contribution in [0.5, 0.6) is 0 Å². The van der Waals surface area contributed by atoms with Crippen molar-refractivity contribution in [1.82, 2.24) is 25.0 Å². The number of aromatic nitrogens is 1. The molecule has 6 rings (SSSR count). The molecule has 1 saturated heterocycles. The predicted octanol–water partition coefficient (Wildman–Crippen LogP) is 9.77. The van der Waals surface area contributed by atoms with Gasteiger partial charge in [0.05, 0.1) is 47.3 Å². The smallest absolute Gasteiger partial charge is 0.410 e. The number of hydrogen-bond acceptors (Lipinski definition) is 10. The van der Waals surface area contributed by atoms with E-state index >= 15 is 0 Å². The molecule has 2 aliphatic rings. The summed E-state index contributed by atoms with van der Waals surface area (Å²) in [6.07, 6.45) is 2.45. The van der Waals surface area contributed by atoms with Gasteiger partial charge in [-0.1, -0.05) is 126 Å². The second kappa shape index (κ2) is 23.7. The molecule has 0 radical (unpaired) electrons. The molecule has 2 heterocycles. The lowest BCUT2D eigenvalue weighted by atomic mass is 9.82. The molecule has 3 amide bonds. The van der Waals surface area contributed by atoms with Crippen LogP contribution < -0.4 is 5.32 Å². The normalized spacial score (nSPS) is 17.3. The van der Waals surface area contributed by atoms with Gasteiger partial charge in [-0.05, 0) is 72.8 Å². The highest BCUT2D eigenvalue weighted by atomic mass is 32.1. The first kappa shape index (κ1) is 53.3. The first-order valence-corrected chi connectivity index (χ1v) is 25.7. The number of fused-ring (bicyclic) bond motifs is 3. The molecular weight excluding hydrogens is 907 g/mol. The molecule has 0 bridgehead atoms. The van der Waals surface area contributed by atoms with Gasteiger partial charge in [-0.25, -0.2) is 9.78 Å². The van der Waals surface area contributed by atoms with Gasteiger partial charge in [-0.2, -0.15) is 0 Å². The van der Waals surface area contributed by atoms with Crippen molar-refractivity contribution in [2.24, 2.45) is 23.7 Å². The predicted molar refractivity (Wildman–Crippen MR) is 277 cm³/mol. The summed E-state index contributed by atoms with van der Waals surface area (Å²) in [6, 6.07) is 25.7. The Balaban J connectivity index is 1.09. The number of thiazole rings is 1. The van der Waals surface area contributed by atoms with Crippen molar-refractivity contribution in [2.75, 3.05) is 41.5 Å². The first-order valence-electron chi connectivity index (χ1n) is 24.4. The van der Waals surface area contributed by atoms with E-state index in [1.54, 1.807) is 64.6 Å². The molecule has 7 atom stereocenters. The number of Topliss-reactive ketones (excluding diaryl/α,β-unsaturated/α-hetero) is 1. The summed E-state index contributed by atoms with van der Waals surface area (Å²) in [5, 5.41) is 6.52. The van der Waals surface area contributed by atoms with Crippen molar-refractivity contribution in [1.29, 1.82) is 0 Å². The minimum Gasteiger partial charge on any atom is -0.448 e. The number of hydrogen-bond donors (Lipinski definition) is 1. The maximum absolute atomic E-state index is 14.7. The summed E-state index contributed by atoms with van der Waals surface area (Å²) in [4.78, 5) is 67.3. The fraction of sp³-hybridized carbons (Fsp3) is 0.527. The van der Waals surface area contributed by atoms with Crippen molar-refractivity contribution in [2.45, 2.75) is 122 Å². The van der Waals surface area contributed by atoms with E-state index < -0.39 is 29.7 Å². The highest BCUT2D eigenvalue weighted by Crippen LogP contribution is 2.44. The van der Waals surface area contributed by atoms with Crippen LogP contribution in [0.2, 0.25) is 0 Å². The van der Waals surface area contributed by atoms with Crippen molar-refractivity contribution >= 4 is 52.2 Å². The van der Waals surface area contributed by atoms with Crippen LogP contribution in [-0.2, 0) is 35.0 Å². The number of ether oxygens (including phenoxy) is 3. The molecule has 1 aromatic heterocycles. The molecule has 0 unspecified atom stereocenters. The number of likely N-dealkylation sites (tertiary alicyclic amines) is 1. The van der Waals surface area contributed by atoms with Crippen LogP contribution in [0, 0.1) is 23.7 Å². The number of ketones is 1. The van der Waals surface area contributed by atoms with Gasteiger partial charge in [0.2, 0.25) is 11.8 Å². The van der Waals surface area contributed by atoms with Crippen LogP contribution in [0.3, 0.4) is 0 Å². The summed E-state index contributed by atoms with van der Waals surface area (Å²) in [5.74, 6) is -1.90. The van der Waals surface area contributed by atoms with Gasteiger partial charge in [0.1, 0.15) is 11.6 Å². The molecule has 0 spiro atoms. The SMILES string of the molecule is CO[C@H]([C@@H](C)C(=S)N[C@@H](Cc1ccccc1)c1nccs1)[C@@H]1CCCN1C(=O)C[C@@H](OC)[C@H](C(C)C)N(C)C(=O)[C@@H](CC(=O)C(C)(C)N(C)C(=O)OCC1c2ccccc2-c2ccccc21)C(C)C. The third kappa shape index (κ3) is 12.1. The quantitative estimate of drug-likeness (QED) is 0.0760. The Morgan fingerprint density at radius 1 is 0.870 bits per heavy atom. The van der Waals surface area contributed by atoms with E-state index in [0.717, 1.165) is 40.1 Å². The summed E-state index contributed by atoms with van der Waals surface area (Å²) in [6.45, 7) is 14.0. The van der Waals surface area contributed by atoms with Gasteiger partial charge in [0.15, 0.2) is 5.78 Å². The third-order valence-electron chi connectivity index (χ3n) is 14.7. The first-order chi connectivity index (χ1) is 32.9. The van der Waals surface area contributed by atoms with Crippen molar-refractivity contribution < 1.29 is 33.4 Å². The fourth-order valence-corrected chi connectivity index (χ4v) is 11.3. The van der Waals surface area contributed by atoms with Crippen molar-refractivity contribution in [3.05, 3.63) is 112 Å². The van der Waals surface area contributed by atoms with Crippen LogP contribution >= 0.6 is 23.6 Å². The molecule has 1 aliphatic heterocycles. The Hall–Kier alpha value is -5.02. The Labute approximate surface area is 419 Å². The lowest BCUT2D eigenvalue weighted by molar-refractivity contribution is -0.148. The lowest BCUT2D eigenvalue weighted by Crippen LogP contribution is -2.55. The molecule has 1 N–H and O–H groups in total. The molecule has 12 nitrogen and oxygen atoms in total. The van der Waals surface area contributed by atoms with Crippen molar-refractivity contribution in [3.8, 4) is 11.1 Å². The Morgan fingerprint density at radius 2 is 1.49 bits per heavy atom. The highest BCUT2D eigenvalue weighted by molar-refractivity contribution is 7.80. The van der Waals surface area contributed by atoms with E-state index in [9.17, 15) is 19.2 Å². The molecule has 0 saturated carbocycles. The number of thiocarbonyl (C=S) groups is 1. The largest absolute Gasteiger partial charge is 0.448 e. The Bertz CT molecular complexity index is 2330. The number of rotatable bonds is 22. The molecule has 14 heteroatoms. The summed E-state index contributed by atoms with van der Waals surface area (Å²) in [7, 11) is 6.57. The van der Waals surface area contributed by atoms with E-state index in [-0.39, 0.29) is 78.9 Å². The summed E-state index contributed by atoms with van der Waals surface area (Å²) < 4.78 is 18.2. The minimum absolute atomic E-state index is 0.0490. The number of amides is 3. The van der Waals surface area contributed by atoms with Crippen LogP contribution in [-0.4, -0.2) is 120 Å². The number of carbonyl (C=O) groups excluding carboxylic acids is 4. The van der Waals surface area contributed by atoms with E-state index in [1.807, 2.05) is 80.4 Å². The number of nitrogens with zero attached hydrogens (tertiary/aromatic N) is 4. The van der Waals surface area contributed by atoms with Gasteiger partial charge in [0, 0.05) is 70.6 Å². The number of nitrogens with one attached hydrogen (secondary N) is 1. The van der Waals surface area contributed by atoms with Gasteiger partial charge >= 0.3 is 6.09 Å². The average molecular weight is 980 g/mol. The van der Waals surface area contributed by atoms with Gasteiger partial charge in [0.25, 0.3) is 0 Å². The van der Waals surface area contributed by atoms with E-state index in [2.05, 4.69) is 53.6 Å². The molecule has 1 aliphatic carbocycles. The van der Waals surface area contributed by atoms with Gasteiger partial charge in [-0.3, -0.25) is 19.3 Å². The molecule has 1 fully saturated rings. The minimum atomic E-state index is -1.28. The molecular formula is C55H73N5O7S2. The van der Waals surface area contributed by atoms with E-state index in [0.29, 0.717) is 18.0 Å². The second-order valence-corrected chi connectivity index (χ2v) is 21.3. The number of likely N-dealkylation sites (N-methyl/N-ethyl adjacent to an activating group) is 2. The van der Waals surface area contributed by atoms with Gasteiger partial charge < -0.3 is 29.3 Å². The molecule has 69 heavy (non-hydrogen) atoms. The second-order valence-electron chi connectivity index (χ2n) is 20.0. The zero-order valence-electron chi connectivity index (χ0n) is 42.3. The van der Waals surface area contributed by atoms with Crippen LogP contribution in [0.4, 0.5) is 4.79 Å². The number of methoxy groups -OCH3 is 2. The highest BCUT2D eigenvalue weighted by Gasteiger charge is 2.44. The zero-order valence-corrected chi connectivity index (χ0v) is 44.0. The third-order valence-corrected chi connectivity index (χ3v) is 16.1. The van der Waals surface area contributed by atoms with Crippen LogP contribution in [0.25, 0.3) is 11.1 Å². The standard InChI is InChI=1S/C55H73N5O7S2/c1-34(2)42(31-47(61)55(6,7)59(9)54(64)67-33-43-40-24-17-15-22-38(40)39-23-16-18-25-41(39)43)53(63)58(8)49(35(3)4)46(65-10)32-48(62)60-28-19-26-45(60)50(66-11)36(5)51(68)57-44(52-56-27-29-69-52)30-37-20-13-12-14-21-37/h12-18,20-25,27,29,34-36,42-46,49-50H,19,26,28,30-33H2,1-11H3,(H,57,68)/t36-,42+,44+,45+,46-,49+,50-/m1/s1. The monoisotopic (exact) mass is 979 g/mol. The Morgan fingerprint density at radius 3 is 2.06 bits per heavy atom.